The molecule has 2 heteroatoms. The molecule has 0 spiro atoms. The number of ketones is 1. The van der Waals surface area contributed by atoms with Crippen molar-refractivity contribution in [2.24, 2.45) is 5.92 Å². The summed E-state index contributed by atoms with van der Waals surface area (Å²) in [6.45, 7) is 2.28. The molecule has 0 aliphatic heterocycles. The molecule has 1 saturated carbocycles. The lowest BCUT2D eigenvalue weighted by Crippen LogP contribution is -2.24. The van der Waals surface area contributed by atoms with Crippen LogP contribution in [0.1, 0.15) is 61.4 Å². The van der Waals surface area contributed by atoms with E-state index in [4.69, 9.17) is 4.74 Å². The van der Waals surface area contributed by atoms with E-state index in [0.29, 0.717) is 12.5 Å². The first kappa shape index (κ1) is 12.7. The first-order chi connectivity index (χ1) is 9.28. The van der Waals surface area contributed by atoms with Crippen LogP contribution in [0.15, 0.2) is 18.2 Å². The van der Waals surface area contributed by atoms with Crippen molar-refractivity contribution >= 4 is 5.78 Å². The highest BCUT2D eigenvalue weighted by atomic mass is 16.5. The fourth-order valence-electron chi connectivity index (χ4n) is 3.41. The molecule has 1 aromatic rings. The summed E-state index contributed by atoms with van der Waals surface area (Å²) < 4.78 is 6.19. The number of ether oxygens (including phenoxy) is 1. The number of Topliss-reactive ketones (excluding diaryl/α,β-unsaturated/α-hetero) is 1. The maximum Gasteiger partial charge on any atom is 0.163 e. The van der Waals surface area contributed by atoms with E-state index in [-0.39, 0.29) is 5.78 Å². The van der Waals surface area contributed by atoms with Crippen LogP contribution in [0.4, 0.5) is 0 Å². The average molecular weight is 258 g/mol. The Bertz CT molecular complexity index is 470. The van der Waals surface area contributed by atoms with Crippen LogP contribution in [-0.4, -0.2) is 11.9 Å². The molecule has 102 valence electrons. The van der Waals surface area contributed by atoms with Crippen LogP contribution in [-0.2, 0) is 6.42 Å². The number of hydrogen-bond acceptors (Lipinski definition) is 2. The highest BCUT2D eigenvalue weighted by Gasteiger charge is 2.26. The fraction of sp³-hybridized carbons (Fsp3) is 0.588. The van der Waals surface area contributed by atoms with E-state index in [0.717, 1.165) is 42.1 Å². The minimum Gasteiger partial charge on any atom is -0.490 e. The molecule has 0 bridgehead atoms. The molecule has 19 heavy (non-hydrogen) atoms. The van der Waals surface area contributed by atoms with E-state index < -0.39 is 0 Å². The molecule has 2 aliphatic carbocycles. The normalized spacial score (nSPS) is 26.3. The van der Waals surface area contributed by atoms with Gasteiger partial charge < -0.3 is 4.74 Å². The zero-order chi connectivity index (χ0) is 13.2. The van der Waals surface area contributed by atoms with Gasteiger partial charge in [-0.05, 0) is 44.1 Å². The molecule has 3 rings (SSSR count). The van der Waals surface area contributed by atoms with Crippen LogP contribution in [0.2, 0.25) is 0 Å². The Morgan fingerprint density at radius 1 is 1.16 bits per heavy atom. The molecule has 2 aliphatic rings. The molecule has 0 amide bonds. The Balaban J connectivity index is 1.70. The molecule has 1 aromatic carbocycles. The monoisotopic (exact) mass is 258 g/mol. The Kier molecular flexibility index (Phi) is 3.58. The second-order valence-corrected chi connectivity index (χ2v) is 5.87. The quantitative estimate of drug-likeness (QED) is 0.813. The van der Waals surface area contributed by atoms with E-state index in [1.807, 2.05) is 18.2 Å². The highest BCUT2D eigenvalue weighted by molar-refractivity contribution is 6.01. The van der Waals surface area contributed by atoms with Crippen molar-refractivity contribution in [2.75, 3.05) is 0 Å². The van der Waals surface area contributed by atoms with Gasteiger partial charge in [-0.15, -0.1) is 0 Å². The van der Waals surface area contributed by atoms with E-state index >= 15 is 0 Å². The zero-order valence-electron chi connectivity index (χ0n) is 11.7. The summed E-state index contributed by atoms with van der Waals surface area (Å²) >= 11 is 0. The van der Waals surface area contributed by atoms with Gasteiger partial charge in [-0.1, -0.05) is 25.5 Å². The summed E-state index contributed by atoms with van der Waals surface area (Å²) in [5.41, 5.74) is 2.03. The Hall–Kier alpha value is -1.31. The van der Waals surface area contributed by atoms with Crippen LogP contribution in [0.3, 0.4) is 0 Å². The van der Waals surface area contributed by atoms with Gasteiger partial charge in [0.15, 0.2) is 5.78 Å². The zero-order valence-corrected chi connectivity index (χ0v) is 11.7. The van der Waals surface area contributed by atoms with Gasteiger partial charge in [-0.25, -0.2) is 0 Å². The van der Waals surface area contributed by atoms with Gasteiger partial charge in [-0.2, -0.15) is 0 Å². The lowest BCUT2D eigenvalue weighted by molar-refractivity contribution is 0.0994. The summed E-state index contributed by atoms with van der Waals surface area (Å²) in [5.74, 6) is 2.13. The van der Waals surface area contributed by atoms with Crippen molar-refractivity contribution in [3.05, 3.63) is 29.3 Å². The summed E-state index contributed by atoms with van der Waals surface area (Å²) in [7, 11) is 0. The largest absolute Gasteiger partial charge is 0.490 e. The highest BCUT2D eigenvalue weighted by Crippen LogP contribution is 2.34. The van der Waals surface area contributed by atoms with Crippen LogP contribution >= 0.6 is 0 Å². The minimum atomic E-state index is 0.273. The van der Waals surface area contributed by atoms with Gasteiger partial charge in [0.2, 0.25) is 0 Å². The third kappa shape index (κ3) is 2.54. The van der Waals surface area contributed by atoms with Gasteiger partial charge >= 0.3 is 0 Å². The number of fused-ring (bicyclic) bond motifs is 1. The summed E-state index contributed by atoms with van der Waals surface area (Å²) in [6.07, 6.45) is 8.05. The van der Waals surface area contributed by atoms with Gasteiger partial charge in [0.1, 0.15) is 5.75 Å². The molecular formula is C17H22O2. The number of benzene rings is 1. The maximum absolute atomic E-state index is 11.7. The van der Waals surface area contributed by atoms with E-state index in [1.54, 1.807) is 0 Å². The lowest BCUT2D eigenvalue weighted by Gasteiger charge is -2.29. The average Bonchev–Trinajstić information content (AvgIpc) is 2.83. The second-order valence-electron chi connectivity index (χ2n) is 5.87. The minimum absolute atomic E-state index is 0.273. The summed E-state index contributed by atoms with van der Waals surface area (Å²) in [4.78, 5) is 11.7. The summed E-state index contributed by atoms with van der Waals surface area (Å²) in [6, 6.07) is 5.92. The standard InChI is InChI=1S/C17H22O2/c1-2-12-6-8-13(9-7-12)19-17-5-3-4-14-15(17)10-11-16(14)18/h3-5,12-13H,2,6-11H2,1H3. The SMILES string of the molecule is CCC1CCC(Oc2cccc3c2CCC3=O)CC1. The van der Waals surface area contributed by atoms with Gasteiger partial charge in [0.05, 0.1) is 6.10 Å². The Morgan fingerprint density at radius 3 is 2.68 bits per heavy atom. The number of carbonyl (C=O) groups is 1. The molecule has 0 radical (unpaired) electrons. The first-order valence-electron chi connectivity index (χ1n) is 7.59. The number of rotatable bonds is 3. The number of carbonyl (C=O) groups excluding carboxylic acids is 1. The van der Waals surface area contributed by atoms with Gasteiger partial charge in [-0.3, -0.25) is 4.79 Å². The topological polar surface area (TPSA) is 26.3 Å². The predicted molar refractivity (Wildman–Crippen MR) is 75.8 cm³/mol. The predicted octanol–water partition coefficient (Wildman–Crippen LogP) is 4.16. The molecule has 1 fully saturated rings. The van der Waals surface area contributed by atoms with Crippen molar-refractivity contribution in [1.82, 2.24) is 0 Å². The molecule has 0 N–H and O–H groups in total. The van der Waals surface area contributed by atoms with E-state index in [2.05, 4.69) is 6.92 Å². The van der Waals surface area contributed by atoms with Crippen LogP contribution in [0.5, 0.6) is 5.75 Å². The molecule has 0 aromatic heterocycles. The lowest BCUT2D eigenvalue weighted by atomic mass is 9.86. The molecule has 2 nitrogen and oxygen atoms in total. The van der Waals surface area contributed by atoms with Crippen molar-refractivity contribution in [2.45, 2.75) is 58.0 Å². The first-order valence-corrected chi connectivity index (χ1v) is 7.59. The van der Waals surface area contributed by atoms with Crippen molar-refractivity contribution < 1.29 is 9.53 Å². The third-order valence-electron chi connectivity index (χ3n) is 4.70. The number of hydrogen-bond donors (Lipinski definition) is 0. The van der Waals surface area contributed by atoms with Crippen LogP contribution in [0.25, 0.3) is 0 Å². The summed E-state index contributed by atoms with van der Waals surface area (Å²) in [5, 5.41) is 0. The molecule has 0 unspecified atom stereocenters. The molecular weight excluding hydrogens is 236 g/mol. The maximum atomic E-state index is 11.7. The van der Waals surface area contributed by atoms with Crippen molar-refractivity contribution in [1.29, 1.82) is 0 Å². The second kappa shape index (κ2) is 5.36. The van der Waals surface area contributed by atoms with Crippen LogP contribution < -0.4 is 4.74 Å². The Labute approximate surface area is 115 Å². The fourth-order valence-corrected chi connectivity index (χ4v) is 3.41. The van der Waals surface area contributed by atoms with Crippen molar-refractivity contribution in [3.63, 3.8) is 0 Å². The van der Waals surface area contributed by atoms with E-state index in [9.17, 15) is 4.79 Å². The third-order valence-corrected chi connectivity index (χ3v) is 4.70. The van der Waals surface area contributed by atoms with E-state index in [1.165, 1.54) is 19.3 Å². The van der Waals surface area contributed by atoms with Crippen molar-refractivity contribution in [3.8, 4) is 5.75 Å². The molecule has 0 atom stereocenters. The molecule has 0 heterocycles. The van der Waals surface area contributed by atoms with Gasteiger partial charge in [0, 0.05) is 17.5 Å². The smallest absolute Gasteiger partial charge is 0.163 e. The van der Waals surface area contributed by atoms with Gasteiger partial charge in [0.25, 0.3) is 0 Å². The Morgan fingerprint density at radius 2 is 1.95 bits per heavy atom. The molecule has 0 saturated heterocycles. The van der Waals surface area contributed by atoms with Crippen LogP contribution in [0, 0.1) is 5.92 Å².